The summed E-state index contributed by atoms with van der Waals surface area (Å²) < 4.78 is 9.92. The molecule has 7 nitrogen and oxygen atoms in total. The average Bonchev–Trinajstić information content (AvgIpc) is 2.67. The van der Waals surface area contributed by atoms with Crippen LogP contribution in [0.25, 0.3) is 0 Å². The molecule has 150 valence electrons. The molecule has 0 saturated heterocycles. The van der Waals surface area contributed by atoms with E-state index in [0.717, 1.165) is 5.56 Å². The maximum absolute atomic E-state index is 12.6. The zero-order valence-corrected chi connectivity index (χ0v) is 17.0. The van der Waals surface area contributed by atoms with Crippen molar-refractivity contribution in [2.24, 2.45) is 5.92 Å². The lowest BCUT2D eigenvalue weighted by Crippen LogP contribution is -2.54. The van der Waals surface area contributed by atoms with Gasteiger partial charge in [-0.1, -0.05) is 44.2 Å². The number of nitrogens with one attached hydrogen (secondary N) is 2. The number of rotatable bonds is 10. The number of ether oxygens (including phenoxy) is 2. The molecule has 2 N–H and O–H groups in total. The lowest BCUT2D eigenvalue weighted by atomic mass is 10.0. The summed E-state index contributed by atoms with van der Waals surface area (Å²) in [5.74, 6) is -0.447. The van der Waals surface area contributed by atoms with Gasteiger partial charge in [0, 0.05) is 0 Å². The molecule has 8 heteroatoms. The molecule has 0 radical (unpaired) electrons. The van der Waals surface area contributed by atoms with E-state index in [1.165, 1.54) is 7.11 Å². The van der Waals surface area contributed by atoms with Crippen molar-refractivity contribution in [1.29, 1.82) is 0 Å². The maximum Gasteiger partial charge on any atom is 0.408 e. The molecule has 27 heavy (non-hydrogen) atoms. The van der Waals surface area contributed by atoms with E-state index < -0.39 is 30.1 Å². The van der Waals surface area contributed by atoms with Crippen LogP contribution in [0.4, 0.5) is 4.79 Å². The van der Waals surface area contributed by atoms with Gasteiger partial charge < -0.3 is 20.1 Å². The van der Waals surface area contributed by atoms with Gasteiger partial charge in [0.15, 0.2) is 0 Å². The second kappa shape index (κ2) is 12.2. The zero-order valence-electron chi connectivity index (χ0n) is 16.2. The van der Waals surface area contributed by atoms with Crippen LogP contribution in [0.2, 0.25) is 0 Å². The predicted octanol–water partition coefficient (Wildman–Crippen LogP) is 2.35. The number of amides is 2. The van der Waals surface area contributed by atoms with Gasteiger partial charge in [0.2, 0.25) is 5.91 Å². The van der Waals surface area contributed by atoms with Gasteiger partial charge >= 0.3 is 12.1 Å². The van der Waals surface area contributed by atoms with Gasteiger partial charge in [0.25, 0.3) is 0 Å². The molecule has 0 aliphatic rings. The summed E-state index contributed by atoms with van der Waals surface area (Å²) in [5, 5.41) is 5.24. The van der Waals surface area contributed by atoms with Crippen molar-refractivity contribution in [3.63, 3.8) is 0 Å². The Bertz CT molecular complexity index is 609. The number of esters is 1. The minimum absolute atomic E-state index is 0.109. The average molecular weight is 397 g/mol. The van der Waals surface area contributed by atoms with E-state index >= 15 is 0 Å². The van der Waals surface area contributed by atoms with Gasteiger partial charge in [0.1, 0.15) is 18.7 Å². The van der Waals surface area contributed by atoms with E-state index in [9.17, 15) is 14.4 Å². The number of hydrogen-bond acceptors (Lipinski definition) is 6. The van der Waals surface area contributed by atoms with Gasteiger partial charge in [-0.05, 0) is 29.9 Å². The molecule has 1 rings (SSSR count). The third-order valence-electron chi connectivity index (χ3n) is 3.85. The number of hydrogen-bond donors (Lipinski definition) is 2. The first-order valence-electron chi connectivity index (χ1n) is 8.73. The lowest BCUT2D eigenvalue weighted by Gasteiger charge is -2.24. The highest BCUT2D eigenvalue weighted by atomic mass is 32.2. The summed E-state index contributed by atoms with van der Waals surface area (Å²) >= 11 is 1.57. The fourth-order valence-electron chi connectivity index (χ4n) is 2.32. The predicted molar refractivity (Wildman–Crippen MR) is 105 cm³/mol. The zero-order chi connectivity index (χ0) is 20.2. The standard InChI is InChI=1S/C19H28N2O5S/c1-13(2)16(17(22)20-15(10-11-27-4)18(23)25-3)21-19(24)26-12-14-8-6-5-7-9-14/h5-9,13,15-16H,10-12H2,1-4H3,(H,20,22)(H,21,24)/t15-,16-/m1/s1. The lowest BCUT2D eigenvalue weighted by molar-refractivity contribution is -0.145. The van der Waals surface area contributed by atoms with Crippen molar-refractivity contribution in [3.8, 4) is 0 Å². The smallest absolute Gasteiger partial charge is 0.408 e. The van der Waals surface area contributed by atoms with Gasteiger partial charge in [-0.2, -0.15) is 11.8 Å². The Morgan fingerprint density at radius 2 is 1.78 bits per heavy atom. The molecule has 0 aromatic heterocycles. The maximum atomic E-state index is 12.6. The van der Waals surface area contributed by atoms with Gasteiger partial charge in [0.05, 0.1) is 7.11 Å². The third kappa shape index (κ3) is 8.34. The molecule has 0 unspecified atom stereocenters. The molecular formula is C19H28N2O5S. The quantitative estimate of drug-likeness (QED) is 0.590. The minimum atomic E-state index is -0.824. The molecule has 0 saturated carbocycles. The highest BCUT2D eigenvalue weighted by Gasteiger charge is 2.29. The van der Waals surface area contributed by atoms with E-state index in [2.05, 4.69) is 10.6 Å². The SMILES string of the molecule is COC(=O)[C@@H](CCSC)NC(=O)[C@H](NC(=O)OCc1ccccc1)C(C)C. The van der Waals surface area contributed by atoms with E-state index in [0.29, 0.717) is 12.2 Å². The second-order valence-electron chi connectivity index (χ2n) is 6.29. The summed E-state index contributed by atoms with van der Waals surface area (Å²) in [7, 11) is 1.28. The molecule has 0 bridgehead atoms. The van der Waals surface area contributed by atoms with E-state index in [1.807, 2.05) is 36.6 Å². The highest BCUT2D eigenvalue weighted by molar-refractivity contribution is 7.98. The van der Waals surface area contributed by atoms with Crippen LogP contribution < -0.4 is 10.6 Å². The number of carbonyl (C=O) groups excluding carboxylic acids is 3. The number of alkyl carbamates (subject to hydrolysis) is 1. The monoisotopic (exact) mass is 396 g/mol. The number of carbonyl (C=O) groups is 3. The Morgan fingerprint density at radius 3 is 2.33 bits per heavy atom. The summed E-state index contributed by atoms with van der Waals surface area (Å²) in [6.07, 6.45) is 1.67. The second-order valence-corrected chi connectivity index (χ2v) is 7.28. The summed E-state index contributed by atoms with van der Waals surface area (Å²) in [4.78, 5) is 36.5. The first-order chi connectivity index (χ1) is 12.9. The molecule has 0 spiro atoms. The van der Waals surface area contributed by atoms with Crippen LogP contribution >= 0.6 is 11.8 Å². The molecule has 0 heterocycles. The summed E-state index contributed by atoms with van der Waals surface area (Å²) in [6.45, 7) is 3.71. The Labute approximate surface area is 164 Å². The molecule has 0 fully saturated rings. The minimum Gasteiger partial charge on any atom is -0.467 e. The number of benzene rings is 1. The fraction of sp³-hybridized carbons (Fsp3) is 0.526. The van der Waals surface area contributed by atoms with Crippen LogP contribution in [-0.2, 0) is 25.7 Å². The van der Waals surface area contributed by atoms with E-state index in [-0.39, 0.29) is 12.5 Å². The molecule has 0 aliphatic heterocycles. The topological polar surface area (TPSA) is 93.7 Å². The largest absolute Gasteiger partial charge is 0.467 e. The molecule has 2 amide bonds. The van der Waals surface area contributed by atoms with Crippen LogP contribution in [0.5, 0.6) is 0 Å². The summed E-state index contributed by atoms with van der Waals surface area (Å²) in [5.41, 5.74) is 0.848. The Hall–Kier alpha value is -2.22. The van der Waals surface area contributed by atoms with Crippen molar-refractivity contribution >= 4 is 29.7 Å². The van der Waals surface area contributed by atoms with Gasteiger partial charge in [-0.3, -0.25) is 4.79 Å². The molecule has 0 aliphatic carbocycles. The van der Waals surface area contributed by atoms with E-state index in [1.54, 1.807) is 25.6 Å². The van der Waals surface area contributed by atoms with Crippen LogP contribution in [0.1, 0.15) is 25.8 Å². The summed E-state index contributed by atoms with van der Waals surface area (Å²) in [6, 6.07) is 7.68. The Balaban J connectivity index is 2.65. The first kappa shape index (κ1) is 22.8. The van der Waals surface area contributed by atoms with Crippen molar-refractivity contribution in [3.05, 3.63) is 35.9 Å². The normalized spacial score (nSPS) is 12.8. The highest BCUT2D eigenvalue weighted by Crippen LogP contribution is 2.07. The van der Waals surface area contributed by atoms with Crippen molar-refractivity contribution < 1.29 is 23.9 Å². The van der Waals surface area contributed by atoms with Crippen LogP contribution in [-0.4, -0.2) is 49.2 Å². The molecule has 1 aromatic carbocycles. The van der Waals surface area contributed by atoms with E-state index in [4.69, 9.17) is 9.47 Å². The first-order valence-corrected chi connectivity index (χ1v) is 10.1. The van der Waals surface area contributed by atoms with Crippen LogP contribution in [0, 0.1) is 5.92 Å². The number of methoxy groups -OCH3 is 1. The van der Waals surface area contributed by atoms with Crippen molar-refractivity contribution in [2.45, 2.75) is 39.0 Å². The van der Waals surface area contributed by atoms with Crippen LogP contribution in [0.15, 0.2) is 30.3 Å². The molecule has 1 aromatic rings. The Kier molecular flexibility index (Phi) is 10.3. The fourth-order valence-corrected chi connectivity index (χ4v) is 2.79. The van der Waals surface area contributed by atoms with Crippen molar-refractivity contribution in [1.82, 2.24) is 10.6 Å². The molecular weight excluding hydrogens is 368 g/mol. The van der Waals surface area contributed by atoms with Crippen LogP contribution in [0.3, 0.4) is 0 Å². The third-order valence-corrected chi connectivity index (χ3v) is 4.49. The molecule has 2 atom stereocenters. The Morgan fingerprint density at radius 1 is 1.11 bits per heavy atom. The van der Waals surface area contributed by atoms with Crippen molar-refractivity contribution in [2.75, 3.05) is 19.1 Å². The van der Waals surface area contributed by atoms with Gasteiger partial charge in [-0.25, -0.2) is 9.59 Å². The van der Waals surface area contributed by atoms with Gasteiger partial charge in [-0.15, -0.1) is 0 Å². The number of thioether (sulfide) groups is 1.